The molecule has 144 valence electrons. The zero-order chi connectivity index (χ0) is 18.4. The summed E-state index contributed by atoms with van der Waals surface area (Å²) in [4.78, 5) is 16.7. The molecule has 1 N–H and O–H groups in total. The third kappa shape index (κ3) is 5.17. The van der Waals surface area contributed by atoms with Crippen LogP contribution in [0.4, 0.5) is 4.39 Å². The Kier molecular flexibility index (Phi) is 6.86. The first-order valence-electron chi connectivity index (χ1n) is 9.69. The number of piperazine rings is 1. The lowest BCUT2D eigenvalue weighted by Gasteiger charge is -2.35. The Morgan fingerprint density at radius 3 is 2.62 bits per heavy atom. The molecule has 0 aliphatic carbocycles. The molecule has 0 radical (unpaired) electrons. The fourth-order valence-corrected chi connectivity index (χ4v) is 3.88. The molecule has 1 aromatic carbocycles. The van der Waals surface area contributed by atoms with Crippen LogP contribution in [0.5, 0.6) is 5.75 Å². The number of carbonyl (C=O) groups excluding carboxylic acids is 1. The molecule has 0 spiro atoms. The van der Waals surface area contributed by atoms with Crippen LogP contribution in [-0.2, 0) is 11.3 Å². The lowest BCUT2D eigenvalue weighted by Crippen LogP contribution is -2.48. The predicted molar refractivity (Wildman–Crippen MR) is 99.6 cm³/mol. The Bertz CT molecular complexity index is 597. The Labute approximate surface area is 155 Å². The van der Waals surface area contributed by atoms with Crippen molar-refractivity contribution < 1.29 is 13.9 Å². The van der Waals surface area contributed by atoms with Crippen LogP contribution < -0.4 is 10.1 Å². The molecule has 0 atom stereocenters. The molecule has 0 aromatic heterocycles. The molecule has 3 rings (SSSR count). The van der Waals surface area contributed by atoms with Gasteiger partial charge in [0.1, 0.15) is 0 Å². The van der Waals surface area contributed by atoms with Gasteiger partial charge in [-0.2, -0.15) is 0 Å². The smallest absolute Gasteiger partial charge is 0.222 e. The summed E-state index contributed by atoms with van der Waals surface area (Å²) in [7, 11) is 1.47. The van der Waals surface area contributed by atoms with E-state index in [4.69, 9.17) is 4.74 Å². The second-order valence-corrected chi connectivity index (χ2v) is 7.36. The molecule has 5 nitrogen and oxygen atoms in total. The Morgan fingerprint density at radius 2 is 1.96 bits per heavy atom. The topological polar surface area (TPSA) is 44.8 Å². The number of hydrogen-bond donors (Lipinski definition) is 1. The highest BCUT2D eigenvalue weighted by Crippen LogP contribution is 2.20. The number of methoxy groups -OCH3 is 1. The maximum atomic E-state index is 13.8. The number of rotatable bonds is 6. The van der Waals surface area contributed by atoms with Crippen molar-refractivity contribution >= 4 is 5.91 Å². The summed E-state index contributed by atoms with van der Waals surface area (Å²) in [5, 5.41) is 3.37. The van der Waals surface area contributed by atoms with Crippen LogP contribution in [0.1, 0.15) is 31.2 Å². The third-order valence-corrected chi connectivity index (χ3v) is 5.57. The van der Waals surface area contributed by atoms with E-state index in [0.717, 1.165) is 51.3 Å². The van der Waals surface area contributed by atoms with E-state index < -0.39 is 0 Å². The van der Waals surface area contributed by atoms with Crippen LogP contribution in [0.3, 0.4) is 0 Å². The summed E-state index contributed by atoms with van der Waals surface area (Å²) >= 11 is 0. The minimum atomic E-state index is -0.322. The second-order valence-electron chi connectivity index (χ2n) is 7.36. The first kappa shape index (κ1) is 19.1. The second kappa shape index (κ2) is 9.33. The summed E-state index contributed by atoms with van der Waals surface area (Å²) in [5.41, 5.74) is 0.939. The van der Waals surface area contributed by atoms with Gasteiger partial charge in [-0.15, -0.1) is 0 Å². The van der Waals surface area contributed by atoms with Crippen molar-refractivity contribution in [3.8, 4) is 5.75 Å². The molecular formula is C20H30FN3O2. The third-order valence-electron chi connectivity index (χ3n) is 5.57. The van der Waals surface area contributed by atoms with Gasteiger partial charge in [0, 0.05) is 39.1 Å². The highest BCUT2D eigenvalue weighted by molar-refractivity contribution is 5.76. The van der Waals surface area contributed by atoms with E-state index in [0.29, 0.717) is 24.8 Å². The molecule has 2 heterocycles. The summed E-state index contributed by atoms with van der Waals surface area (Å²) in [6.07, 6.45) is 4.08. The molecule has 26 heavy (non-hydrogen) atoms. The van der Waals surface area contributed by atoms with E-state index >= 15 is 0 Å². The number of amides is 1. The predicted octanol–water partition coefficient (Wildman–Crippen LogP) is 2.26. The number of piperidine rings is 1. The number of ether oxygens (including phenoxy) is 1. The number of halogens is 1. The normalized spacial score (nSPS) is 19.5. The van der Waals surface area contributed by atoms with Crippen LogP contribution in [0.15, 0.2) is 18.2 Å². The van der Waals surface area contributed by atoms with Gasteiger partial charge < -0.3 is 15.0 Å². The van der Waals surface area contributed by atoms with Crippen LogP contribution in [0, 0.1) is 11.7 Å². The summed E-state index contributed by atoms with van der Waals surface area (Å²) in [6, 6.07) is 5.11. The average Bonchev–Trinajstić information content (AvgIpc) is 2.68. The molecule has 2 aliphatic heterocycles. The van der Waals surface area contributed by atoms with Gasteiger partial charge in [0.15, 0.2) is 11.6 Å². The van der Waals surface area contributed by atoms with E-state index in [1.807, 2.05) is 11.0 Å². The van der Waals surface area contributed by atoms with Gasteiger partial charge in [0.2, 0.25) is 5.91 Å². The first-order valence-corrected chi connectivity index (χ1v) is 9.69. The summed E-state index contributed by atoms with van der Waals surface area (Å²) in [6.45, 7) is 6.10. The van der Waals surface area contributed by atoms with Gasteiger partial charge in [-0.05, 0) is 56.0 Å². The summed E-state index contributed by atoms with van der Waals surface area (Å²) in [5.74, 6) is 0.944. The lowest BCUT2D eigenvalue weighted by molar-refractivity contribution is -0.133. The van der Waals surface area contributed by atoms with Crippen molar-refractivity contribution in [1.29, 1.82) is 0 Å². The molecule has 0 bridgehead atoms. The van der Waals surface area contributed by atoms with Crippen molar-refractivity contribution in [1.82, 2.24) is 15.1 Å². The molecule has 2 saturated heterocycles. The van der Waals surface area contributed by atoms with Crippen molar-refractivity contribution in [2.75, 3.05) is 46.4 Å². The maximum Gasteiger partial charge on any atom is 0.222 e. The van der Waals surface area contributed by atoms with Gasteiger partial charge in [-0.1, -0.05) is 6.07 Å². The molecule has 1 aromatic rings. The monoisotopic (exact) mass is 363 g/mol. The number of benzene rings is 1. The van der Waals surface area contributed by atoms with E-state index in [-0.39, 0.29) is 11.6 Å². The fourth-order valence-electron chi connectivity index (χ4n) is 3.88. The zero-order valence-corrected chi connectivity index (χ0v) is 15.7. The molecule has 0 unspecified atom stereocenters. The largest absolute Gasteiger partial charge is 0.494 e. The van der Waals surface area contributed by atoms with Crippen LogP contribution in [0.25, 0.3) is 0 Å². The van der Waals surface area contributed by atoms with E-state index in [2.05, 4.69) is 10.2 Å². The highest BCUT2D eigenvalue weighted by atomic mass is 19.1. The highest BCUT2D eigenvalue weighted by Gasteiger charge is 2.22. The molecule has 0 saturated carbocycles. The maximum absolute atomic E-state index is 13.8. The number of nitrogens with zero attached hydrogens (tertiary/aromatic N) is 2. The van der Waals surface area contributed by atoms with Gasteiger partial charge in [0.05, 0.1) is 7.11 Å². The van der Waals surface area contributed by atoms with Crippen molar-refractivity contribution in [2.45, 2.75) is 32.2 Å². The lowest BCUT2D eigenvalue weighted by atomic mass is 9.93. The number of carbonyl (C=O) groups is 1. The minimum Gasteiger partial charge on any atom is -0.494 e. The molecule has 2 aliphatic rings. The Morgan fingerprint density at radius 1 is 1.23 bits per heavy atom. The molecule has 1 amide bonds. The van der Waals surface area contributed by atoms with E-state index in [1.165, 1.54) is 26.0 Å². The van der Waals surface area contributed by atoms with Crippen molar-refractivity contribution in [3.05, 3.63) is 29.6 Å². The average molecular weight is 363 g/mol. The molecule has 6 heteroatoms. The number of nitrogens with one attached hydrogen (secondary N) is 1. The first-order chi connectivity index (χ1) is 12.7. The zero-order valence-electron chi connectivity index (χ0n) is 15.7. The molecular weight excluding hydrogens is 333 g/mol. The fraction of sp³-hybridized carbons (Fsp3) is 0.650. The Hall–Kier alpha value is -1.66. The van der Waals surface area contributed by atoms with Crippen LogP contribution in [-0.4, -0.2) is 62.1 Å². The van der Waals surface area contributed by atoms with Crippen LogP contribution >= 0.6 is 0 Å². The Balaban J connectivity index is 1.40. The van der Waals surface area contributed by atoms with Crippen molar-refractivity contribution in [3.63, 3.8) is 0 Å². The van der Waals surface area contributed by atoms with Crippen LogP contribution in [0.2, 0.25) is 0 Å². The standard InChI is InChI=1S/C20H30FN3O2/c1-26-19-4-2-17(14-18(19)21)15-23-10-12-24(13-11-23)20(25)5-3-16-6-8-22-9-7-16/h2,4,14,16,22H,3,5-13,15H2,1H3. The van der Waals surface area contributed by atoms with Gasteiger partial charge >= 0.3 is 0 Å². The SMILES string of the molecule is COc1ccc(CN2CCN(C(=O)CCC3CCNCC3)CC2)cc1F. The minimum absolute atomic E-state index is 0.276. The van der Waals surface area contributed by atoms with Gasteiger partial charge in [0.25, 0.3) is 0 Å². The van der Waals surface area contributed by atoms with E-state index in [9.17, 15) is 9.18 Å². The molecule has 2 fully saturated rings. The van der Waals surface area contributed by atoms with Gasteiger partial charge in [-0.3, -0.25) is 9.69 Å². The van der Waals surface area contributed by atoms with Gasteiger partial charge in [-0.25, -0.2) is 4.39 Å². The summed E-state index contributed by atoms with van der Waals surface area (Å²) < 4.78 is 18.8. The quantitative estimate of drug-likeness (QED) is 0.842. The van der Waals surface area contributed by atoms with Crippen molar-refractivity contribution in [2.24, 2.45) is 5.92 Å². The number of hydrogen-bond acceptors (Lipinski definition) is 4. The van der Waals surface area contributed by atoms with E-state index in [1.54, 1.807) is 6.07 Å².